The summed E-state index contributed by atoms with van der Waals surface area (Å²) in [6.07, 6.45) is 3.54. The Morgan fingerprint density at radius 1 is 1.50 bits per heavy atom. The van der Waals surface area contributed by atoms with E-state index in [9.17, 15) is 4.79 Å². The van der Waals surface area contributed by atoms with E-state index in [4.69, 9.17) is 0 Å². The van der Waals surface area contributed by atoms with Crippen LogP contribution in [-0.2, 0) is 4.79 Å². The summed E-state index contributed by atoms with van der Waals surface area (Å²) in [6.45, 7) is 0. The highest BCUT2D eigenvalue weighted by atomic mass is 79.9. The van der Waals surface area contributed by atoms with Crippen LogP contribution in [0.3, 0.4) is 0 Å². The van der Waals surface area contributed by atoms with Crippen molar-refractivity contribution >= 4 is 39.4 Å². The van der Waals surface area contributed by atoms with Crippen LogP contribution in [0.25, 0.3) is 10.6 Å². The summed E-state index contributed by atoms with van der Waals surface area (Å²) in [7, 11) is 0. The molecule has 0 unspecified atom stereocenters. The Morgan fingerprint density at radius 3 is 3.10 bits per heavy atom. The van der Waals surface area contributed by atoms with E-state index in [2.05, 4.69) is 31.4 Å². The molecule has 1 fully saturated rings. The maximum atomic E-state index is 11.4. The molecule has 1 aliphatic carbocycles. The molecule has 102 valence electrons. The molecule has 1 amide bonds. The number of aromatic nitrogens is 1. The first-order chi connectivity index (χ1) is 9.72. The molecule has 1 N–H and O–H groups in total. The fourth-order valence-corrected chi connectivity index (χ4v) is 2.86. The van der Waals surface area contributed by atoms with Crippen LogP contribution in [0.2, 0.25) is 0 Å². The van der Waals surface area contributed by atoms with Crippen molar-refractivity contribution < 1.29 is 4.79 Å². The second-order valence-electron chi connectivity index (χ2n) is 4.60. The molecule has 6 heteroatoms. The Labute approximate surface area is 129 Å². The number of carbonyl (C=O) groups excluding carboxylic acids is 1. The SMILES string of the molecule is O=C(N/N=C\c1csc(-c2cccc(Br)c2)n1)C1CC1. The van der Waals surface area contributed by atoms with Crippen molar-refractivity contribution in [3.05, 3.63) is 39.8 Å². The molecule has 20 heavy (non-hydrogen) atoms. The van der Waals surface area contributed by atoms with Crippen molar-refractivity contribution in [3.8, 4) is 10.6 Å². The van der Waals surface area contributed by atoms with E-state index >= 15 is 0 Å². The average Bonchev–Trinajstić information content (AvgIpc) is 3.19. The summed E-state index contributed by atoms with van der Waals surface area (Å²) in [6, 6.07) is 7.99. The summed E-state index contributed by atoms with van der Waals surface area (Å²) in [5.74, 6) is 0.170. The van der Waals surface area contributed by atoms with Gasteiger partial charge in [0.25, 0.3) is 0 Å². The number of amides is 1. The van der Waals surface area contributed by atoms with E-state index in [1.54, 1.807) is 17.6 Å². The summed E-state index contributed by atoms with van der Waals surface area (Å²) < 4.78 is 1.03. The minimum Gasteiger partial charge on any atom is -0.273 e. The van der Waals surface area contributed by atoms with Crippen LogP contribution in [0, 0.1) is 5.92 Å². The maximum Gasteiger partial charge on any atom is 0.243 e. The Kier molecular flexibility index (Phi) is 3.93. The molecule has 4 nitrogen and oxygen atoms in total. The van der Waals surface area contributed by atoms with Gasteiger partial charge in [0.1, 0.15) is 5.01 Å². The van der Waals surface area contributed by atoms with Crippen LogP contribution in [0.5, 0.6) is 0 Å². The zero-order chi connectivity index (χ0) is 13.9. The third-order valence-electron chi connectivity index (χ3n) is 2.91. The van der Waals surface area contributed by atoms with Gasteiger partial charge in [-0.25, -0.2) is 10.4 Å². The van der Waals surface area contributed by atoms with Crippen molar-refractivity contribution in [3.63, 3.8) is 0 Å². The number of carbonyl (C=O) groups is 1. The minimum absolute atomic E-state index is 0.00342. The highest BCUT2D eigenvalue weighted by molar-refractivity contribution is 9.10. The molecular formula is C14H12BrN3OS. The average molecular weight is 350 g/mol. The number of hydrazone groups is 1. The predicted octanol–water partition coefficient (Wildman–Crippen LogP) is 3.43. The maximum absolute atomic E-state index is 11.4. The van der Waals surface area contributed by atoms with Crippen molar-refractivity contribution in [1.29, 1.82) is 0 Å². The van der Waals surface area contributed by atoms with Gasteiger partial charge in [-0.15, -0.1) is 11.3 Å². The lowest BCUT2D eigenvalue weighted by Crippen LogP contribution is -2.18. The number of benzene rings is 1. The zero-order valence-corrected chi connectivity index (χ0v) is 12.9. The van der Waals surface area contributed by atoms with Gasteiger partial charge in [-0.1, -0.05) is 28.1 Å². The predicted molar refractivity (Wildman–Crippen MR) is 83.7 cm³/mol. The Morgan fingerprint density at radius 2 is 2.35 bits per heavy atom. The summed E-state index contributed by atoms with van der Waals surface area (Å²) in [5, 5.41) is 6.79. The minimum atomic E-state index is 0.00342. The van der Waals surface area contributed by atoms with Gasteiger partial charge in [0.15, 0.2) is 0 Å². The quantitative estimate of drug-likeness (QED) is 0.678. The number of nitrogens with zero attached hydrogens (tertiary/aromatic N) is 2. The van der Waals surface area contributed by atoms with Crippen molar-refractivity contribution in [2.45, 2.75) is 12.8 Å². The molecular weight excluding hydrogens is 338 g/mol. The smallest absolute Gasteiger partial charge is 0.243 e. The Balaban J connectivity index is 1.67. The number of halogens is 1. The lowest BCUT2D eigenvalue weighted by atomic mass is 10.2. The Hall–Kier alpha value is -1.53. The normalized spacial score (nSPS) is 14.7. The van der Waals surface area contributed by atoms with E-state index in [0.29, 0.717) is 0 Å². The van der Waals surface area contributed by atoms with E-state index in [1.165, 1.54) is 0 Å². The molecule has 1 aromatic heterocycles. The van der Waals surface area contributed by atoms with Gasteiger partial charge < -0.3 is 0 Å². The zero-order valence-electron chi connectivity index (χ0n) is 10.5. The van der Waals surface area contributed by atoms with Gasteiger partial charge in [0, 0.05) is 21.3 Å². The number of thiazole rings is 1. The number of hydrogen-bond donors (Lipinski definition) is 1. The second kappa shape index (κ2) is 5.85. The summed E-state index contributed by atoms with van der Waals surface area (Å²) in [4.78, 5) is 15.9. The Bertz CT molecular complexity index is 664. The van der Waals surface area contributed by atoms with Gasteiger partial charge in [0.05, 0.1) is 11.9 Å². The van der Waals surface area contributed by atoms with Crippen molar-refractivity contribution in [2.24, 2.45) is 11.0 Å². The molecule has 2 aromatic rings. The lowest BCUT2D eigenvalue weighted by Gasteiger charge is -1.96. The monoisotopic (exact) mass is 349 g/mol. The fourth-order valence-electron chi connectivity index (χ4n) is 1.70. The van der Waals surface area contributed by atoms with Crippen LogP contribution in [0.15, 0.2) is 39.2 Å². The standard InChI is InChI=1S/C14H12BrN3OS/c15-11-3-1-2-10(6-11)14-17-12(8-20-14)7-16-18-13(19)9-4-5-9/h1-3,6-9H,4-5H2,(H,18,19)/b16-7-. The van der Waals surface area contributed by atoms with Gasteiger partial charge in [-0.3, -0.25) is 4.79 Å². The van der Waals surface area contributed by atoms with E-state index in [-0.39, 0.29) is 11.8 Å². The molecule has 0 saturated heterocycles. The van der Waals surface area contributed by atoms with Crippen LogP contribution in [0.4, 0.5) is 0 Å². The third-order valence-corrected chi connectivity index (χ3v) is 4.32. The van der Waals surface area contributed by atoms with Crippen LogP contribution < -0.4 is 5.43 Å². The van der Waals surface area contributed by atoms with E-state index in [1.807, 2.05) is 29.6 Å². The summed E-state index contributed by atoms with van der Waals surface area (Å²) in [5.41, 5.74) is 4.35. The fraction of sp³-hybridized carbons (Fsp3) is 0.214. The van der Waals surface area contributed by atoms with Gasteiger partial charge in [0.2, 0.25) is 5.91 Å². The highest BCUT2D eigenvalue weighted by Crippen LogP contribution is 2.28. The van der Waals surface area contributed by atoms with Gasteiger partial charge in [-0.05, 0) is 25.0 Å². The van der Waals surface area contributed by atoms with Crippen LogP contribution in [-0.4, -0.2) is 17.1 Å². The van der Waals surface area contributed by atoms with Crippen LogP contribution in [0.1, 0.15) is 18.5 Å². The molecule has 1 aliphatic rings. The largest absolute Gasteiger partial charge is 0.273 e. The van der Waals surface area contributed by atoms with E-state index < -0.39 is 0 Å². The number of hydrogen-bond acceptors (Lipinski definition) is 4. The molecule has 0 atom stereocenters. The highest BCUT2D eigenvalue weighted by Gasteiger charge is 2.29. The first kappa shape index (κ1) is 13.5. The van der Waals surface area contributed by atoms with Crippen molar-refractivity contribution in [2.75, 3.05) is 0 Å². The van der Waals surface area contributed by atoms with Gasteiger partial charge >= 0.3 is 0 Å². The van der Waals surface area contributed by atoms with Crippen LogP contribution >= 0.6 is 27.3 Å². The first-order valence-electron chi connectivity index (χ1n) is 6.27. The molecule has 3 rings (SSSR count). The molecule has 1 heterocycles. The molecule has 1 aromatic carbocycles. The topological polar surface area (TPSA) is 54.4 Å². The molecule has 0 spiro atoms. The first-order valence-corrected chi connectivity index (χ1v) is 7.94. The second-order valence-corrected chi connectivity index (χ2v) is 6.37. The third kappa shape index (κ3) is 3.32. The van der Waals surface area contributed by atoms with Crippen molar-refractivity contribution in [1.82, 2.24) is 10.4 Å². The summed E-state index contributed by atoms with van der Waals surface area (Å²) >= 11 is 5.00. The molecule has 0 bridgehead atoms. The van der Waals surface area contributed by atoms with Gasteiger partial charge in [-0.2, -0.15) is 5.10 Å². The number of rotatable bonds is 4. The number of nitrogens with one attached hydrogen (secondary N) is 1. The molecule has 0 aliphatic heterocycles. The molecule has 1 saturated carbocycles. The van der Waals surface area contributed by atoms with E-state index in [0.717, 1.165) is 33.6 Å². The lowest BCUT2D eigenvalue weighted by molar-refractivity contribution is -0.122. The molecule has 0 radical (unpaired) electrons.